The molecule has 1 saturated heterocycles. The van der Waals surface area contributed by atoms with Crippen LogP contribution in [0, 0.1) is 17.1 Å². The van der Waals surface area contributed by atoms with Crippen molar-refractivity contribution in [1.29, 1.82) is 5.26 Å². The predicted octanol–water partition coefficient (Wildman–Crippen LogP) is 0.752. The van der Waals surface area contributed by atoms with Crippen LogP contribution in [0.25, 0.3) is 0 Å². The average molecular weight is 450 g/mol. The molecule has 0 bridgehead atoms. The molecule has 10 heteroatoms. The molecule has 0 radical (unpaired) electrons. The number of rotatable bonds is 5. The summed E-state index contributed by atoms with van der Waals surface area (Å²) in [6, 6.07) is 7.19. The van der Waals surface area contributed by atoms with Crippen molar-refractivity contribution in [3.63, 3.8) is 0 Å². The topological polar surface area (TPSA) is 138 Å². The number of methoxy groups -OCH3 is 1. The number of hydrogen-bond acceptors (Lipinski definition) is 6. The fraction of sp³-hybridized carbons (Fsp3) is 0.500. The molecular weight excluding hydrogens is 417 g/mol. The number of aromatic nitrogens is 2. The minimum Gasteiger partial charge on any atom is -0.412 e. The van der Waals surface area contributed by atoms with Gasteiger partial charge in [0.1, 0.15) is 11.6 Å². The monoisotopic (exact) mass is 449 g/mol. The molecule has 1 fully saturated rings. The van der Waals surface area contributed by atoms with Crippen molar-refractivity contribution in [2.75, 3.05) is 31.7 Å². The van der Waals surface area contributed by atoms with Crippen molar-refractivity contribution < 1.29 is 14.6 Å². The molecule has 0 aliphatic carbocycles. The quantitative estimate of drug-likeness (QED) is 0.715. The van der Waals surface area contributed by atoms with Gasteiger partial charge in [-0.25, -0.2) is 9.18 Å². The molecular formula is C22H32FN5O4. The minimum atomic E-state index is -0.514. The van der Waals surface area contributed by atoms with Crippen molar-refractivity contribution >= 4 is 5.82 Å². The van der Waals surface area contributed by atoms with Crippen molar-refractivity contribution in [1.82, 2.24) is 9.13 Å². The molecule has 1 aliphatic rings. The molecule has 0 unspecified atom stereocenters. The van der Waals surface area contributed by atoms with E-state index in [1.165, 1.54) is 35.9 Å². The van der Waals surface area contributed by atoms with E-state index in [1.54, 1.807) is 7.11 Å². The smallest absolute Gasteiger partial charge is 0.332 e. The molecule has 176 valence electrons. The van der Waals surface area contributed by atoms with E-state index in [9.17, 15) is 19.2 Å². The third-order valence-electron chi connectivity index (χ3n) is 5.08. The molecule has 0 amide bonds. The molecule has 0 spiro atoms. The molecule has 2 aromatic rings. The van der Waals surface area contributed by atoms with Crippen LogP contribution in [0.1, 0.15) is 37.3 Å². The summed E-state index contributed by atoms with van der Waals surface area (Å²) in [5.41, 5.74) is 5.77. The number of nitrogens with zero attached hydrogens (tertiary/aromatic N) is 4. The summed E-state index contributed by atoms with van der Waals surface area (Å²) in [6.07, 6.45) is 2.86. The number of hydrogen-bond donors (Lipinski definition) is 1. The summed E-state index contributed by atoms with van der Waals surface area (Å²) in [5, 5.41) is 9.27. The van der Waals surface area contributed by atoms with Crippen LogP contribution in [0.2, 0.25) is 0 Å². The van der Waals surface area contributed by atoms with Gasteiger partial charge < -0.3 is 20.8 Å². The SMILES string of the molecule is CCCOC.Cn1c(=O)cc(N2CCC[C@@H](N)C2)n(Cc2cc(F)ccc2C#N)c1=O.O. The van der Waals surface area contributed by atoms with Gasteiger partial charge in [0, 0.05) is 46.0 Å². The van der Waals surface area contributed by atoms with Crippen LogP contribution in [0.3, 0.4) is 0 Å². The fourth-order valence-electron chi connectivity index (χ4n) is 3.46. The van der Waals surface area contributed by atoms with Crippen LogP contribution in [-0.4, -0.2) is 47.5 Å². The van der Waals surface area contributed by atoms with Crippen LogP contribution < -0.4 is 21.9 Å². The van der Waals surface area contributed by atoms with Gasteiger partial charge in [0.2, 0.25) is 0 Å². The summed E-state index contributed by atoms with van der Waals surface area (Å²) in [6.45, 7) is 4.17. The summed E-state index contributed by atoms with van der Waals surface area (Å²) in [5.74, 6) is -0.0418. The van der Waals surface area contributed by atoms with Gasteiger partial charge in [-0.2, -0.15) is 5.26 Å². The molecule has 9 nitrogen and oxygen atoms in total. The number of anilines is 1. The summed E-state index contributed by atoms with van der Waals surface area (Å²) in [4.78, 5) is 26.8. The number of nitriles is 1. The number of ether oxygens (including phenoxy) is 1. The lowest BCUT2D eigenvalue weighted by molar-refractivity contribution is 0.199. The Morgan fingerprint density at radius 3 is 2.59 bits per heavy atom. The molecule has 1 atom stereocenters. The number of nitrogens with two attached hydrogens (primary N) is 1. The molecule has 2 heterocycles. The highest BCUT2D eigenvalue weighted by Gasteiger charge is 2.22. The Labute approximate surface area is 186 Å². The first-order valence-electron chi connectivity index (χ1n) is 10.3. The zero-order chi connectivity index (χ0) is 23.0. The lowest BCUT2D eigenvalue weighted by Gasteiger charge is -2.34. The van der Waals surface area contributed by atoms with Crippen LogP contribution in [0.15, 0.2) is 33.9 Å². The number of piperidine rings is 1. The highest BCUT2D eigenvalue weighted by molar-refractivity contribution is 5.43. The third-order valence-corrected chi connectivity index (χ3v) is 5.08. The Kier molecular flexibility index (Phi) is 10.8. The van der Waals surface area contributed by atoms with Gasteiger partial charge >= 0.3 is 5.69 Å². The van der Waals surface area contributed by atoms with Crippen molar-refractivity contribution in [3.05, 3.63) is 62.0 Å². The van der Waals surface area contributed by atoms with E-state index < -0.39 is 17.1 Å². The molecule has 32 heavy (non-hydrogen) atoms. The fourth-order valence-corrected chi connectivity index (χ4v) is 3.46. The largest absolute Gasteiger partial charge is 0.412 e. The van der Waals surface area contributed by atoms with Gasteiger partial charge in [-0.1, -0.05) is 6.92 Å². The number of benzene rings is 1. The van der Waals surface area contributed by atoms with Gasteiger partial charge in [0.15, 0.2) is 0 Å². The zero-order valence-electron chi connectivity index (χ0n) is 18.8. The second-order valence-corrected chi connectivity index (χ2v) is 7.52. The van der Waals surface area contributed by atoms with Crippen LogP contribution in [0.5, 0.6) is 0 Å². The zero-order valence-corrected chi connectivity index (χ0v) is 18.8. The summed E-state index contributed by atoms with van der Waals surface area (Å²) >= 11 is 0. The molecule has 1 aromatic carbocycles. The Bertz CT molecular complexity index is 1040. The Morgan fingerprint density at radius 1 is 1.31 bits per heavy atom. The molecule has 3 rings (SSSR count). The number of halogens is 1. The minimum absolute atomic E-state index is 0. The standard InChI is InChI=1S/C18H20FN5O2.C4H10O.H2O/c1-22-17(25)8-16(23-6-2-3-15(21)11-23)24(18(22)26)10-13-7-14(19)5-4-12(13)9-20;1-3-4-5-2;/h4-5,7-8,15H,2-3,6,10-11,21H2,1H3;3-4H2,1-2H3;1H2/t15-;;/m1../s1. The maximum absolute atomic E-state index is 13.7. The first-order valence-corrected chi connectivity index (χ1v) is 10.3. The Hall–Kier alpha value is -3.00. The second kappa shape index (κ2) is 12.8. The summed E-state index contributed by atoms with van der Waals surface area (Å²) in [7, 11) is 3.10. The van der Waals surface area contributed by atoms with Crippen LogP contribution in [0.4, 0.5) is 10.2 Å². The normalized spacial score (nSPS) is 15.2. The lowest BCUT2D eigenvalue weighted by atomic mass is 10.1. The van der Waals surface area contributed by atoms with Gasteiger partial charge in [-0.05, 0) is 43.0 Å². The third kappa shape index (κ3) is 6.75. The maximum Gasteiger partial charge on any atom is 0.332 e. The van der Waals surface area contributed by atoms with Crippen LogP contribution in [-0.2, 0) is 18.3 Å². The van der Waals surface area contributed by atoms with E-state index in [0.29, 0.717) is 24.5 Å². The molecule has 1 aromatic heterocycles. The Morgan fingerprint density at radius 2 is 2.03 bits per heavy atom. The van der Waals surface area contributed by atoms with Gasteiger partial charge in [-0.15, -0.1) is 0 Å². The van der Waals surface area contributed by atoms with Crippen molar-refractivity contribution in [3.8, 4) is 6.07 Å². The van der Waals surface area contributed by atoms with E-state index >= 15 is 0 Å². The average Bonchev–Trinajstić information content (AvgIpc) is 2.75. The van der Waals surface area contributed by atoms with Crippen LogP contribution >= 0.6 is 0 Å². The predicted molar refractivity (Wildman–Crippen MR) is 121 cm³/mol. The molecule has 0 saturated carbocycles. The molecule has 4 N–H and O–H groups in total. The van der Waals surface area contributed by atoms with Crippen molar-refractivity contribution in [2.24, 2.45) is 12.8 Å². The lowest BCUT2D eigenvalue weighted by Crippen LogP contribution is -2.47. The van der Waals surface area contributed by atoms with Gasteiger partial charge in [0.25, 0.3) is 5.56 Å². The first-order chi connectivity index (χ1) is 14.8. The Balaban J connectivity index is 0.000000770. The molecule has 1 aliphatic heterocycles. The van der Waals surface area contributed by atoms with Gasteiger partial charge in [0.05, 0.1) is 18.2 Å². The highest BCUT2D eigenvalue weighted by atomic mass is 19.1. The van der Waals surface area contributed by atoms with E-state index in [1.807, 2.05) is 11.0 Å². The van der Waals surface area contributed by atoms with E-state index in [0.717, 1.165) is 30.4 Å². The maximum atomic E-state index is 13.7. The van der Waals surface area contributed by atoms with Gasteiger partial charge in [-0.3, -0.25) is 13.9 Å². The van der Waals surface area contributed by atoms with E-state index in [-0.39, 0.29) is 23.6 Å². The summed E-state index contributed by atoms with van der Waals surface area (Å²) < 4.78 is 20.7. The second-order valence-electron chi connectivity index (χ2n) is 7.52. The highest BCUT2D eigenvalue weighted by Crippen LogP contribution is 2.19. The van der Waals surface area contributed by atoms with Crippen molar-refractivity contribution in [2.45, 2.75) is 38.8 Å². The first kappa shape index (κ1) is 27.0. The van der Waals surface area contributed by atoms with E-state index in [4.69, 9.17) is 10.5 Å². The van der Waals surface area contributed by atoms with E-state index in [2.05, 4.69) is 6.92 Å².